The van der Waals surface area contributed by atoms with E-state index in [1.165, 1.54) is 22.7 Å². The van der Waals surface area contributed by atoms with E-state index in [2.05, 4.69) is 11.1 Å². The summed E-state index contributed by atoms with van der Waals surface area (Å²) in [6.07, 6.45) is 1.59. The zero-order chi connectivity index (χ0) is 17.4. The molecule has 0 aliphatic carbocycles. The number of nitriles is 1. The Morgan fingerprint density at radius 2 is 2.08 bits per heavy atom. The number of thioether (sulfide) groups is 1. The number of rotatable bonds is 2. The van der Waals surface area contributed by atoms with Crippen molar-refractivity contribution in [3.05, 3.63) is 16.5 Å². The van der Waals surface area contributed by atoms with E-state index in [-0.39, 0.29) is 29.7 Å². The number of likely N-dealkylation sites (N-methyl/N-ethyl adjacent to an activating group) is 1. The third-order valence-electron chi connectivity index (χ3n) is 3.68. The lowest BCUT2D eigenvalue weighted by Crippen LogP contribution is -2.45. The zero-order valence-electron chi connectivity index (χ0n) is 13.5. The Morgan fingerprint density at radius 3 is 2.62 bits per heavy atom. The van der Waals surface area contributed by atoms with Crippen molar-refractivity contribution in [2.45, 2.75) is 26.1 Å². The first kappa shape index (κ1) is 17.0. The molecular weight excluding hydrogens is 348 g/mol. The van der Waals surface area contributed by atoms with Crippen LogP contribution in [0.5, 0.6) is 0 Å². The maximum atomic E-state index is 12.1. The number of carbonyl (C=O) groups is 1. The molecule has 0 spiro atoms. The van der Waals surface area contributed by atoms with Gasteiger partial charge in [0.25, 0.3) is 5.91 Å². The van der Waals surface area contributed by atoms with Gasteiger partial charge in [0.2, 0.25) is 17.5 Å². The molecule has 2 aliphatic heterocycles. The molecule has 1 aromatic heterocycles. The first-order valence-electron chi connectivity index (χ1n) is 7.42. The highest BCUT2D eigenvalue weighted by Crippen LogP contribution is 2.33. The van der Waals surface area contributed by atoms with E-state index in [1.54, 1.807) is 7.05 Å². The molecule has 2 unspecified atom stereocenters. The van der Waals surface area contributed by atoms with Crippen LogP contribution in [0.1, 0.15) is 25.4 Å². The van der Waals surface area contributed by atoms with Crippen LogP contribution in [0.4, 0.5) is 5.88 Å². The van der Waals surface area contributed by atoms with E-state index in [9.17, 15) is 10.1 Å². The van der Waals surface area contributed by atoms with Crippen LogP contribution in [-0.4, -0.2) is 52.5 Å². The Bertz CT molecular complexity index is 757. The van der Waals surface area contributed by atoms with Gasteiger partial charge < -0.3 is 14.1 Å². The van der Waals surface area contributed by atoms with Gasteiger partial charge in [-0.15, -0.1) is 0 Å². The number of thiocarbonyl (C=S) groups is 1. The van der Waals surface area contributed by atoms with Crippen LogP contribution in [0, 0.1) is 11.3 Å². The highest BCUT2D eigenvalue weighted by molar-refractivity contribution is 8.26. The maximum Gasteiger partial charge on any atom is 0.266 e. The number of amides is 1. The second kappa shape index (κ2) is 6.55. The van der Waals surface area contributed by atoms with Gasteiger partial charge in [-0.2, -0.15) is 10.2 Å². The third kappa shape index (κ3) is 3.17. The Hall–Kier alpha value is -1.89. The highest BCUT2D eigenvalue weighted by atomic mass is 32.2. The zero-order valence-corrected chi connectivity index (χ0v) is 15.1. The normalized spacial score (nSPS) is 26.3. The fourth-order valence-electron chi connectivity index (χ4n) is 2.68. The summed E-state index contributed by atoms with van der Waals surface area (Å²) in [5.41, 5.74) is 0.203. The highest BCUT2D eigenvalue weighted by Gasteiger charge is 2.31. The monoisotopic (exact) mass is 364 g/mol. The maximum absolute atomic E-state index is 12.1. The molecule has 3 heterocycles. The van der Waals surface area contributed by atoms with Crippen LogP contribution >= 0.6 is 24.0 Å². The van der Waals surface area contributed by atoms with Crippen molar-refractivity contribution in [1.29, 1.82) is 5.26 Å². The molecule has 2 fully saturated rings. The average Bonchev–Trinajstić information content (AvgIpc) is 3.04. The largest absolute Gasteiger partial charge is 0.420 e. The summed E-state index contributed by atoms with van der Waals surface area (Å²) < 4.78 is 11.9. The number of anilines is 1. The predicted octanol–water partition coefficient (Wildman–Crippen LogP) is 1.99. The van der Waals surface area contributed by atoms with Gasteiger partial charge in [0.15, 0.2) is 0 Å². The number of aromatic nitrogens is 1. The molecule has 2 aliphatic rings. The molecule has 2 atom stereocenters. The third-order valence-corrected chi connectivity index (χ3v) is 5.16. The molecule has 0 N–H and O–H groups in total. The second-order valence-corrected chi connectivity index (χ2v) is 7.40. The smallest absolute Gasteiger partial charge is 0.266 e. The van der Waals surface area contributed by atoms with Gasteiger partial charge in [0, 0.05) is 26.2 Å². The fourth-order valence-corrected chi connectivity index (χ4v) is 3.82. The minimum absolute atomic E-state index is 0.0326. The van der Waals surface area contributed by atoms with Crippen molar-refractivity contribution in [1.82, 2.24) is 9.88 Å². The fraction of sp³-hybridized carbons (Fsp3) is 0.467. The first-order chi connectivity index (χ1) is 11.4. The number of hydrogen-bond donors (Lipinski definition) is 0. The predicted molar refractivity (Wildman–Crippen MR) is 94.4 cm³/mol. The van der Waals surface area contributed by atoms with E-state index < -0.39 is 0 Å². The second-order valence-electron chi connectivity index (χ2n) is 5.72. The summed E-state index contributed by atoms with van der Waals surface area (Å²) in [5.74, 6) is 0.442. The van der Waals surface area contributed by atoms with Crippen molar-refractivity contribution in [2.75, 3.05) is 25.0 Å². The molecule has 0 bridgehead atoms. The molecular formula is C15H16N4O3S2. The van der Waals surface area contributed by atoms with Gasteiger partial charge >= 0.3 is 0 Å². The van der Waals surface area contributed by atoms with Gasteiger partial charge in [-0.3, -0.25) is 9.69 Å². The van der Waals surface area contributed by atoms with Crippen LogP contribution < -0.4 is 4.90 Å². The van der Waals surface area contributed by atoms with E-state index in [0.717, 1.165) is 0 Å². The lowest BCUT2D eigenvalue weighted by Gasteiger charge is -2.34. The number of ether oxygens (including phenoxy) is 1. The lowest BCUT2D eigenvalue weighted by atomic mass is 10.2. The molecule has 1 amide bonds. The van der Waals surface area contributed by atoms with Crippen LogP contribution in [0.25, 0.3) is 6.08 Å². The lowest BCUT2D eigenvalue weighted by molar-refractivity contribution is -0.121. The van der Waals surface area contributed by atoms with Crippen molar-refractivity contribution in [3.8, 4) is 6.07 Å². The van der Waals surface area contributed by atoms with E-state index in [4.69, 9.17) is 21.4 Å². The minimum atomic E-state index is -0.197. The molecule has 9 heteroatoms. The SMILES string of the molecule is CC1CN(c2oc(C=C3SC(=S)N(C)C3=O)nc2C#N)CC(C)O1. The van der Waals surface area contributed by atoms with Crippen LogP contribution in [0.3, 0.4) is 0 Å². The molecule has 1 aromatic rings. The number of carbonyl (C=O) groups excluding carboxylic acids is 1. The van der Waals surface area contributed by atoms with E-state index in [1.807, 2.05) is 18.7 Å². The molecule has 24 heavy (non-hydrogen) atoms. The minimum Gasteiger partial charge on any atom is -0.420 e. The van der Waals surface area contributed by atoms with Crippen molar-refractivity contribution in [2.24, 2.45) is 0 Å². The van der Waals surface area contributed by atoms with Crippen molar-refractivity contribution in [3.63, 3.8) is 0 Å². The standard InChI is InChI=1S/C15H16N4O3S2/c1-8-6-19(7-9(2)21-8)14-10(5-16)17-12(22-14)4-11-13(20)18(3)15(23)24-11/h4,8-9H,6-7H2,1-3H3. The Balaban J connectivity index is 1.90. The topological polar surface area (TPSA) is 82.6 Å². The van der Waals surface area contributed by atoms with Crippen molar-refractivity contribution >= 4 is 46.2 Å². The van der Waals surface area contributed by atoms with Gasteiger partial charge in [-0.1, -0.05) is 24.0 Å². The van der Waals surface area contributed by atoms with E-state index >= 15 is 0 Å². The summed E-state index contributed by atoms with van der Waals surface area (Å²) in [5, 5.41) is 9.34. The molecule has 2 saturated heterocycles. The number of oxazole rings is 1. The van der Waals surface area contributed by atoms with Crippen LogP contribution in [0.15, 0.2) is 9.32 Å². The van der Waals surface area contributed by atoms with Gasteiger partial charge in [0.1, 0.15) is 10.4 Å². The Morgan fingerprint density at radius 1 is 1.42 bits per heavy atom. The number of morpholine rings is 1. The van der Waals surface area contributed by atoms with E-state index in [0.29, 0.717) is 28.2 Å². The molecule has 0 saturated carbocycles. The van der Waals surface area contributed by atoms with Gasteiger partial charge in [-0.05, 0) is 13.8 Å². The first-order valence-corrected chi connectivity index (χ1v) is 8.64. The summed E-state index contributed by atoms with van der Waals surface area (Å²) in [6.45, 7) is 5.17. The quantitative estimate of drug-likeness (QED) is 0.582. The summed E-state index contributed by atoms with van der Waals surface area (Å²) in [4.78, 5) is 20.0. The van der Waals surface area contributed by atoms with Crippen LogP contribution in [-0.2, 0) is 9.53 Å². The Labute approximate surface area is 149 Å². The molecule has 0 aromatic carbocycles. The summed E-state index contributed by atoms with van der Waals surface area (Å²) in [6, 6.07) is 2.05. The number of hydrogen-bond acceptors (Lipinski definition) is 8. The molecule has 126 valence electrons. The van der Waals surface area contributed by atoms with Crippen LogP contribution in [0.2, 0.25) is 0 Å². The molecule has 3 rings (SSSR count). The number of nitrogens with zero attached hydrogens (tertiary/aromatic N) is 4. The summed E-state index contributed by atoms with van der Waals surface area (Å²) in [7, 11) is 1.62. The molecule has 0 radical (unpaired) electrons. The van der Waals surface area contributed by atoms with Gasteiger partial charge in [-0.25, -0.2) is 0 Å². The van der Waals surface area contributed by atoms with Crippen molar-refractivity contribution < 1.29 is 13.9 Å². The summed E-state index contributed by atoms with van der Waals surface area (Å²) >= 11 is 6.28. The molecule has 7 nitrogen and oxygen atoms in total. The van der Waals surface area contributed by atoms with Gasteiger partial charge in [0.05, 0.1) is 17.1 Å². The Kier molecular flexibility index (Phi) is 4.62. The average molecular weight is 364 g/mol.